The van der Waals surface area contributed by atoms with Gasteiger partial charge in [0, 0.05) is 17.8 Å². The van der Waals surface area contributed by atoms with Gasteiger partial charge in [-0.15, -0.1) is 0 Å². The number of hydrogen-bond acceptors (Lipinski definition) is 4. The van der Waals surface area contributed by atoms with E-state index in [9.17, 15) is 0 Å². The van der Waals surface area contributed by atoms with Crippen molar-refractivity contribution in [1.29, 1.82) is 5.26 Å². The summed E-state index contributed by atoms with van der Waals surface area (Å²) in [5.41, 5.74) is 1.92. The van der Waals surface area contributed by atoms with Crippen molar-refractivity contribution in [3.8, 4) is 6.07 Å². The topological polar surface area (TPSA) is 51.1 Å². The van der Waals surface area contributed by atoms with Gasteiger partial charge in [0.05, 0.1) is 11.6 Å². The van der Waals surface area contributed by atoms with Crippen molar-refractivity contribution in [2.24, 2.45) is 5.92 Å². The van der Waals surface area contributed by atoms with Gasteiger partial charge in [-0.2, -0.15) is 5.26 Å². The fourth-order valence-electron chi connectivity index (χ4n) is 3.55. The van der Waals surface area contributed by atoms with Gasteiger partial charge in [-0.1, -0.05) is 6.92 Å². The second-order valence-corrected chi connectivity index (χ2v) is 7.84. The van der Waals surface area contributed by atoms with Crippen LogP contribution in [0.2, 0.25) is 0 Å². The highest BCUT2D eigenvalue weighted by atomic mass is 15.2. The van der Waals surface area contributed by atoms with Crippen molar-refractivity contribution in [1.82, 2.24) is 10.2 Å². The molecule has 0 saturated carbocycles. The van der Waals surface area contributed by atoms with Crippen LogP contribution in [0.4, 0.5) is 5.69 Å². The minimum atomic E-state index is 0.125. The summed E-state index contributed by atoms with van der Waals surface area (Å²) in [4.78, 5) is 2.64. The van der Waals surface area contributed by atoms with Crippen LogP contribution in [-0.2, 0) is 0 Å². The quantitative estimate of drug-likeness (QED) is 0.705. The molecule has 1 aromatic carbocycles. The van der Waals surface area contributed by atoms with Crippen LogP contribution in [0, 0.1) is 17.2 Å². The summed E-state index contributed by atoms with van der Waals surface area (Å²) in [5, 5.41) is 16.0. The molecule has 4 nitrogen and oxygen atoms in total. The molecular weight excluding hydrogens is 308 g/mol. The molecule has 2 rings (SSSR count). The van der Waals surface area contributed by atoms with Crippen molar-refractivity contribution in [2.45, 2.75) is 52.0 Å². The van der Waals surface area contributed by atoms with Gasteiger partial charge in [-0.25, -0.2) is 0 Å². The molecule has 1 heterocycles. The van der Waals surface area contributed by atoms with Crippen molar-refractivity contribution in [3.05, 3.63) is 29.8 Å². The average Bonchev–Trinajstić information content (AvgIpc) is 2.87. The van der Waals surface area contributed by atoms with Crippen molar-refractivity contribution in [3.63, 3.8) is 0 Å². The normalized spacial score (nSPS) is 19.2. The molecule has 0 bridgehead atoms. The fourth-order valence-corrected chi connectivity index (χ4v) is 3.55. The Hall–Kier alpha value is -1.57. The Morgan fingerprint density at radius 2 is 1.96 bits per heavy atom. The highest BCUT2D eigenvalue weighted by molar-refractivity contribution is 5.47. The molecule has 0 aromatic heterocycles. The number of likely N-dealkylation sites (tertiary alicyclic amines) is 1. The Kier molecular flexibility index (Phi) is 7.74. The molecule has 1 fully saturated rings. The molecule has 0 aliphatic carbocycles. The molecule has 1 aromatic rings. The Bertz CT molecular complexity index is 544. The summed E-state index contributed by atoms with van der Waals surface area (Å²) in [6.45, 7) is 12.5. The summed E-state index contributed by atoms with van der Waals surface area (Å²) in [6.07, 6.45) is 5.13. The number of nitriles is 1. The van der Waals surface area contributed by atoms with E-state index in [2.05, 4.69) is 42.4 Å². The van der Waals surface area contributed by atoms with Gasteiger partial charge in [-0.3, -0.25) is 4.90 Å². The molecule has 0 amide bonds. The van der Waals surface area contributed by atoms with Gasteiger partial charge in [0.15, 0.2) is 0 Å². The van der Waals surface area contributed by atoms with Crippen LogP contribution in [0.1, 0.15) is 52.0 Å². The number of nitrogens with one attached hydrogen (secondary N) is 2. The lowest BCUT2D eigenvalue weighted by Crippen LogP contribution is -2.49. The smallest absolute Gasteiger partial charge is 0.0991 e. The number of hydrogen-bond donors (Lipinski definition) is 2. The second-order valence-electron chi connectivity index (χ2n) is 7.84. The SMILES string of the molecule is CCCNCC1CCCN(C(C)(C)CNc2ccc(C#N)cc2)CC1. The zero-order valence-corrected chi connectivity index (χ0v) is 16.1. The molecule has 25 heavy (non-hydrogen) atoms. The zero-order chi connectivity index (χ0) is 18.1. The maximum atomic E-state index is 8.89. The summed E-state index contributed by atoms with van der Waals surface area (Å²) in [6, 6.07) is 9.89. The summed E-state index contributed by atoms with van der Waals surface area (Å²) in [7, 11) is 0. The van der Waals surface area contributed by atoms with Crippen LogP contribution < -0.4 is 10.6 Å². The monoisotopic (exact) mass is 342 g/mol. The summed E-state index contributed by atoms with van der Waals surface area (Å²) < 4.78 is 0. The van der Waals surface area contributed by atoms with Crippen LogP contribution in [0.25, 0.3) is 0 Å². The Balaban J connectivity index is 1.82. The van der Waals surface area contributed by atoms with Gasteiger partial charge < -0.3 is 10.6 Å². The molecule has 4 heteroatoms. The van der Waals surface area contributed by atoms with Crippen LogP contribution >= 0.6 is 0 Å². The third-order valence-electron chi connectivity index (χ3n) is 5.30. The molecule has 0 radical (unpaired) electrons. The molecule has 1 saturated heterocycles. The predicted molar refractivity (Wildman–Crippen MR) is 106 cm³/mol. The van der Waals surface area contributed by atoms with E-state index in [4.69, 9.17) is 5.26 Å². The Morgan fingerprint density at radius 1 is 1.20 bits per heavy atom. The highest BCUT2D eigenvalue weighted by Gasteiger charge is 2.28. The van der Waals surface area contributed by atoms with Crippen LogP contribution in [0.15, 0.2) is 24.3 Å². The average molecular weight is 343 g/mol. The molecule has 1 aliphatic heterocycles. The van der Waals surface area contributed by atoms with Crippen molar-refractivity contribution in [2.75, 3.05) is 38.0 Å². The van der Waals surface area contributed by atoms with Gasteiger partial charge in [0.25, 0.3) is 0 Å². The van der Waals surface area contributed by atoms with Crippen molar-refractivity contribution < 1.29 is 0 Å². The molecule has 2 N–H and O–H groups in total. The maximum absolute atomic E-state index is 8.89. The lowest BCUT2D eigenvalue weighted by atomic mass is 10.00. The molecule has 1 aliphatic rings. The molecule has 0 spiro atoms. The van der Waals surface area contributed by atoms with E-state index in [1.165, 1.54) is 45.3 Å². The number of nitrogens with zero attached hydrogens (tertiary/aromatic N) is 2. The van der Waals surface area contributed by atoms with Crippen LogP contribution in [0.3, 0.4) is 0 Å². The summed E-state index contributed by atoms with van der Waals surface area (Å²) in [5.74, 6) is 0.818. The molecule has 138 valence electrons. The molecule has 1 unspecified atom stereocenters. The largest absolute Gasteiger partial charge is 0.383 e. The standard InChI is InChI=1S/C21H34N4/c1-4-12-23-16-19-6-5-13-25(14-11-19)21(2,3)17-24-20-9-7-18(15-22)8-10-20/h7-10,19,23-24H,4-6,11-14,16-17H2,1-3H3. The minimum absolute atomic E-state index is 0.125. The number of anilines is 1. The Labute approximate surface area is 153 Å². The number of rotatable bonds is 8. The molecule has 1 atom stereocenters. The van der Waals surface area contributed by atoms with Crippen LogP contribution in [0.5, 0.6) is 0 Å². The fraction of sp³-hybridized carbons (Fsp3) is 0.667. The van der Waals surface area contributed by atoms with Crippen LogP contribution in [-0.4, -0.2) is 43.2 Å². The van der Waals surface area contributed by atoms with E-state index in [1.807, 2.05) is 24.3 Å². The predicted octanol–water partition coefficient (Wildman–Crippen LogP) is 3.85. The molecular formula is C21H34N4. The van der Waals surface area contributed by atoms with Crippen molar-refractivity contribution >= 4 is 5.69 Å². The van der Waals surface area contributed by atoms with E-state index in [1.54, 1.807) is 0 Å². The Morgan fingerprint density at radius 3 is 2.64 bits per heavy atom. The van der Waals surface area contributed by atoms with E-state index in [0.29, 0.717) is 5.56 Å². The van der Waals surface area contributed by atoms with E-state index >= 15 is 0 Å². The first kappa shape index (κ1) is 19.8. The van der Waals surface area contributed by atoms with E-state index in [-0.39, 0.29) is 5.54 Å². The van der Waals surface area contributed by atoms with E-state index < -0.39 is 0 Å². The highest BCUT2D eigenvalue weighted by Crippen LogP contribution is 2.24. The third-order valence-corrected chi connectivity index (χ3v) is 5.30. The third kappa shape index (κ3) is 6.34. The number of benzene rings is 1. The first-order chi connectivity index (χ1) is 12.0. The zero-order valence-electron chi connectivity index (χ0n) is 16.1. The van der Waals surface area contributed by atoms with Gasteiger partial charge in [-0.05, 0) is 95.9 Å². The van der Waals surface area contributed by atoms with Gasteiger partial charge in [0.2, 0.25) is 0 Å². The lowest BCUT2D eigenvalue weighted by Gasteiger charge is -2.38. The lowest BCUT2D eigenvalue weighted by molar-refractivity contribution is 0.134. The van der Waals surface area contributed by atoms with Gasteiger partial charge in [0.1, 0.15) is 0 Å². The van der Waals surface area contributed by atoms with E-state index in [0.717, 1.165) is 24.7 Å². The first-order valence-corrected chi connectivity index (χ1v) is 9.75. The first-order valence-electron chi connectivity index (χ1n) is 9.75. The second kappa shape index (κ2) is 9.79. The van der Waals surface area contributed by atoms with Gasteiger partial charge >= 0.3 is 0 Å². The summed E-state index contributed by atoms with van der Waals surface area (Å²) >= 11 is 0. The minimum Gasteiger partial charge on any atom is -0.383 e. The maximum Gasteiger partial charge on any atom is 0.0991 e.